The Labute approximate surface area is 118 Å². The molecule has 108 valence electrons. The maximum absolute atomic E-state index is 13.1. The molecule has 0 spiro atoms. The second-order valence-electron chi connectivity index (χ2n) is 6.04. The first-order chi connectivity index (χ1) is 9.71. The Balaban J connectivity index is 1.66. The number of hydrogen-bond acceptors (Lipinski definition) is 2. The molecule has 0 bridgehead atoms. The maximum atomic E-state index is 13.1. The topological polar surface area (TPSA) is 41.1 Å². The number of rotatable bonds is 3. The quantitative estimate of drug-likeness (QED) is 0.889. The summed E-state index contributed by atoms with van der Waals surface area (Å²) < 4.78 is 13.1. The van der Waals surface area contributed by atoms with Crippen molar-refractivity contribution in [1.82, 2.24) is 10.6 Å². The highest BCUT2D eigenvalue weighted by molar-refractivity contribution is 5.83. The third-order valence-electron chi connectivity index (χ3n) is 4.83. The van der Waals surface area contributed by atoms with E-state index in [2.05, 4.69) is 10.6 Å². The summed E-state index contributed by atoms with van der Waals surface area (Å²) in [6.07, 6.45) is 4.47. The summed E-state index contributed by atoms with van der Waals surface area (Å²) in [5, 5.41) is 6.38. The highest BCUT2D eigenvalue weighted by Gasteiger charge is 2.49. The molecule has 2 N–H and O–H groups in total. The number of nitrogens with one attached hydrogen (secondary N) is 2. The zero-order valence-corrected chi connectivity index (χ0v) is 11.6. The van der Waals surface area contributed by atoms with Gasteiger partial charge in [0, 0.05) is 13.1 Å². The Hall–Kier alpha value is -1.42. The van der Waals surface area contributed by atoms with E-state index in [1.807, 2.05) is 6.07 Å². The number of fused-ring (bicyclic) bond motifs is 1. The second kappa shape index (κ2) is 5.52. The van der Waals surface area contributed by atoms with Crippen LogP contribution in [0.1, 0.15) is 31.2 Å². The van der Waals surface area contributed by atoms with Crippen LogP contribution < -0.4 is 10.6 Å². The van der Waals surface area contributed by atoms with Gasteiger partial charge in [-0.3, -0.25) is 4.79 Å². The van der Waals surface area contributed by atoms with E-state index >= 15 is 0 Å². The van der Waals surface area contributed by atoms with Crippen molar-refractivity contribution in [2.75, 3.05) is 13.1 Å². The summed E-state index contributed by atoms with van der Waals surface area (Å²) in [4.78, 5) is 12.6. The van der Waals surface area contributed by atoms with Crippen molar-refractivity contribution in [3.8, 4) is 0 Å². The molecule has 0 unspecified atom stereocenters. The summed E-state index contributed by atoms with van der Waals surface area (Å²) in [6.45, 7) is 2.14. The highest BCUT2D eigenvalue weighted by atomic mass is 19.1. The minimum Gasteiger partial charge on any atom is -0.351 e. The predicted octanol–water partition coefficient (Wildman–Crippen LogP) is 2.22. The van der Waals surface area contributed by atoms with Gasteiger partial charge in [0.05, 0.1) is 5.41 Å². The molecule has 1 saturated heterocycles. The van der Waals surface area contributed by atoms with Crippen molar-refractivity contribution in [3.05, 3.63) is 35.6 Å². The zero-order valence-electron chi connectivity index (χ0n) is 11.6. The lowest BCUT2D eigenvalue weighted by Crippen LogP contribution is -2.47. The van der Waals surface area contributed by atoms with Gasteiger partial charge in [0.2, 0.25) is 5.91 Å². The van der Waals surface area contributed by atoms with Gasteiger partial charge < -0.3 is 10.6 Å². The fourth-order valence-electron chi connectivity index (χ4n) is 3.70. The molecule has 20 heavy (non-hydrogen) atoms. The van der Waals surface area contributed by atoms with Gasteiger partial charge in [-0.25, -0.2) is 4.39 Å². The lowest BCUT2D eigenvalue weighted by atomic mass is 9.67. The van der Waals surface area contributed by atoms with Gasteiger partial charge in [0.1, 0.15) is 5.82 Å². The first-order valence-electron chi connectivity index (χ1n) is 7.44. The van der Waals surface area contributed by atoms with Crippen LogP contribution in [-0.2, 0) is 11.3 Å². The normalized spacial score (nSPS) is 28.9. The number of benzene rings is 1. The lowest BCUT2D eigenvalue weighted by molar-refractivity contribution is -0.134. The van der Waals surface area contributed by atoms with Crippen molar-refractivity contribution in [1.29, 1.82) is 0 Å². The van der Waals surface area contributed by atoms with E-state index in [9.17, 15) is 9.18 Å². The van der Waals surface area contributed by atoms with Crippen LogP contribution in [0.5, 0.6) is 0 Å². The second-order valence-corrected chi connectivity index (χ2v) is 6.04. The number of carbonyl (C=O) groups excluding carboxylic acids is 1. The molecule has 1 aliphatic carbocycles. The van der Waals surface area contributed by atoms with Crippen LogP contribution in [0.25, 0.3) is 0 Å². The molecular weight excluding hydrogens is 255 g/mol. The third kappa shape index (κ3) is 2.44. The smallest absolute Gasteiger partial charge is 0.228 e. The maximum Gasteiger partial charge on any atom is 0.228 e. The van der Waals surface area contributed by atoms with E-state index in [4.69, 9.17) is 0 Å². The molecule has 1 heterocycles. The van der Waals surface area contributed by atoms with Gasteiger partial charge in [-0.05, 0) is 43.0 Å². The number of hydrogen-bond donors (Lipinski definition) is 2. The van der Waals surface area contributed by atoms with Gasteiger partial charge in [-0.15, -0.1) is 0 Å². The van der Waals surface area contributed by atoms with Crippen molar-refractivity contribution in [2.45, 2.75) is 32.2 Å². The van der Waals surface area contributed by atoms with Crippen LogP contribution in [0.3, 0.4) is 0 Å². The van der Waals surface area contributed by atoms with Crippen molar-refractivity contribution >= 4 is 5.91 Å². The van der Waals surface area contributed by atoms with Crippen LogP contribution in [-0.4, -0.2) is 19.0 Å². The van der Waals surface area contributed by atoms with Crippen molar-refractivity contribution in [2.24, 2.45) is 11.3 Å². The molecule has 3 nitrogen and oxygen atoms in total. The Morgan fingerprint density at radius 1 is 1.45 bits per heavy atom. The van der Waals surface area contributed by atoms with Gasteiger partial charge in [-0.1, -0.05) is 25.0 Å². The Morgan fingerprint density at radius 3 is 3.20 bits per heavy atom. The monoisotopic (exact) mass is 276 g/mol. The average molecular weight is 276 g/mol. The summed E-state index contributed by atoms with van der Waals surface area (Å²) in [5.41, 5.74) is 0.582. The van der Waals surface area contributed by atoms with Crippen molar-refractivity contribution < 1.29 is 9.18 Å². The molecular formula is C16H21FN2O. The van der Waals surface area contributed by atoms with Crippen LogP contribution in [0.15, 0.2) is 24.3 Å². The van der Waals surface area contributed by atoms with Gasteiger partial charge >= 0.3 is 0 Å². The Bertz CT molecular complexity index is 505. The van der Waals surface area contributed by atoms with E-state index in [-0.39, 0.29) is 17.1 Å². The van der Waals surface area contributed by atoms with Gasteiger partial charge in [0.15, 0.2) is 0 Å². The van der Waals surface area contributed by atoms with Crippen LogP contribution in [0.4, 0.5) is 4.39 Å². The molecule has 1 aromatic rings. The lowest BCUT2D eigenvalue weighted by Gasteiger charge is -2.37. The van der Waals surface area contributed by atoms with E-state index in [0.717, 1.165) is 37.9 Å². The van der Waals surface area contributed by atoms with E-state index in [0.29, 0.717) is 12.5 Å². The molecule has 1 amide bonds. The Kier molecular flexibility index (Phi) is 3.74. The minimum atomic E-state index is -0.256. The molecule has 3 rings (SSSR count). The molecule has 1 aromatic carbocycles. The fourth-order valence-corrected chi connectivity index (χ4v) is 3.70. The number of carbonyl (C=O) groups is 1. The van der Waals surface area contributed by atoms with Crippen LogP contribution in [0.2, 0.25) is 0 Å². The fraction of sp³-hybridized carbons (Fsp3) is 0.562. The number of amides is 1. The van der Waals surface area contributed by atoms with Gasteiger partial charge in [-0.2, -0.15) is 0 Å². The summed E-state index contributed by atoms with van der Waals surface area (Å²) in [7, 11) is 0. The molecule has 4 heteroatoms. The molecule has 2 fully saturated rings. The minimum absolute atomic E-state index is 0.136. The molecule has 1 saturated carbocycles. The van der Waals surface area contributed by atoms with E-state index < -0.39 is 0 Å². The predicted molar refractivity (Wildman–Crippen MR) is 75.5 cm³/mol. The first-order valence-corrected chi connectivity index (χ1v) is 7.44. The number of halogens is 1. The zero-order chi connectivity index (χ0) is 14.0. The SMILES string of the molecule is O=C(NCc1cccc(F)c1)[C@@]12CCCC[C@H]1CNC2. The largest absolute Gasteiger partial charge is 0.351 e. The summed E-state index contributed by atoms with van der Waals surface area (Å²) in [6, 6.07) is 6.41. The third-order valence-corrected chi connectivity index (χ3v) is 4.83. The Morgan fingerprint density at radius 2 is 2.35 bits per heavy atom. The van der Waals surface area contributed by atoms with Gasteiger partial charge in [0.25, 0.3) is 0 Å². The molecule has 2 aliphatic rings. The van der Waals surface area contributed by atoms with Crippen LogP contribution >= 0.6 is 0 Å². The summed E-state index contributed by atoms with van der Waals surface area (Å²) in [5.74, 6) is 0.341. The molecule has 0 radical (unpaired) electrons. The highest BCUT2D eigenvalue weighted by Crippen LogP contribution is 2.43. The summed E-state index contributed by atoms with van der Waals surface area (Å²) >= 11 is 0. The first kappa shape index (κ1) is 13.6. The van der Waals surface area contributed by atoms with E-state index in [1.165, 1.54) is 18.6 Å². The average Bonchev–Trinajstić information content (AvgIpc) is 2.90. The molecule has 1 aliphatic heterocycles. The van der Waals surface area contributed by atoms with Crippen molar-refractivity contribution in [3.63, 3.8) is 0 Å². The molecule has 0 aromatic heterocycles. The van der Waals surface area contributed by atoms with E-state index in [1.54, 1.807) is 6.07 Å². The van der Waals surface area contributed by atoms with Crippen LogP contribution in [0, 0.1) is 17.2 Å². The molecule has 2 atom stereocenters. The standard InChI is InChI=1S/C16H21FN2O/c17-14-6-3-4-12(8-14)9-19-15(20)16-7-2-1-5-13(16)10-18-11-16/h3-4,6,8,13,18H,1-2,5,7,9-11H2,(H,19,20)/t13-,16+/m0/s1.